The smallest absolute Gasteiger partial charge is 0.444 e. The van der Waals surface area contributed by atoms with Crippen LogP contribution in [0.25, 0.3) is 0 Å². The summed E-state index contributed by atoms with van der Waals surface area (Å²) in [6.45, 7) is 5.79. The number of nitrogens with zero attached hydrogens (tertiary/aromatic N) is 1. The average molecular weight is 728 g/mol. The molecule has 2 N–H and O–H groups in total. The number of hydrogen-bond acceptors (Lipinski definition) is 10. The highest BCUT2D eigenvalue weighted by Gasteiger charge is 2.61. The number of ether oxygens (including phenoxy) is 4. The predicted octanol–water partition coefficient (Wildman–Crippen LogP) is 4.45. The Balaban J connectivity index is 1.80. The highest BCUT2D eigenvalue weighted by molar-refractivity contribution is 7.87. The molecule has 0 saturated carbocycles. The molecule has 13 nitrogen and oxygen atoms in total. The molecule has 1 aromatic heterocycles. The van der Waals surface area contributed by atoms with Gasteiger partial charge in [-0.1, -0.05) is 60.7 Å². The summed E-state index contributed by atoms with van der Waals surface area (Å²) in [5, 5.41) is 2.60. The molecular formula is C33H40F3N3O10S. The standard InChI is InChI=1S/C33H40F3N3O10S/c1-22-18-39(29(41)38-27(22)40)28-25(49-50(43,44)33(34,35)36)26(46-20-24-14-9-6-10-15-24)32(47-28,21-45-19-23-12-7-5-8-13-23)16-11-17-37-30(42)48-31(2,3)4/h5-10,12-15,18,25-26,28H,11,16-17,19-21H2,1-4H3,(H,37,42)(H,38,40,41)/t25-,26-,28+,32+/m0/s1. The van der Waals surface area contributed by atoms with Gasteiger partial charge in [0.2, 0.25) is 0 Å². The molecule has 0 aliphatic carbocycles. The summed E-state index contributed by atoms with van der Waals surface area (Å²) in [6.07, 6.45) is -5.30. The second-order valence-corrected chi connectivity index (χ2v) is 14.3. The number of carbonyl (C=O) groups excluding carboxylic acids is 1. The van der Waals surface area contributed by atoms with Crippen LogP contribution in [0.3, 0.4) is 0 Å². The van der Waals surface area contributed by atoms with E-state index in [4.69, 9.17) is 23.1 Å². The summed E-state index contributed by atoms with van der Waals surface area (Å²) in [5.74, 6) is 0. The lowest BCUT2D eigenvalue weighted by Gasteiger charge is -2.35. The number of H-pyrrole nitrogens is 1. The Labute approximate surface area is 286 Å². The Kier molecular flexibility index (Phi) is 12.3. The van der Waals surface area contributed by atoms with Gasteiger partial charge in [0.25, 0.3) is 5.56 Å². The topological polar surface area (TPSA) is 164 Å². The maximum atomic E-state index is 13.8. The van der Waals surface area contributed by atoms with E-state index in [1.807, 2.05) is 0 Å². The van der Waals surface area contributed by atoms with Gasteiger partial charge < -0.3 is 24.3 Å². The number of nitrogens with one attached hydrogen (secondary N) is 2. The van der Waals surface area contributed by atoms with E-state index in [0.29, 0.717) is 5.56 Å². The molecule has 3 aromatic rings. The minimum atomic E-state index is -6.30. The van der Waals surface area contributed by atoms with Crippen molar-refractivity contribution in [3.8, 4) is 0 Å². The van der Waals surface area contributed by atoms with Gasteiger partial charge in [0, 0.05) is 18.3 Å². The van der Waals surface area contributed by atoms with E-state index < -0.39 is 62.6 Å². The van der Waals surface area contributed by atoms with Crippen LogP contribution in [0.2, 0.25) is 0 Å². The van der Waals surface area contributed by atoms with Crippen LogP contribution in [0, 0.1) is 6.92 Å². The summed E-state index contributed by atoms with van der Waals surface area (Å²) in [4.78, 5) is 39.7. The Morgan fingerprint density at radius 2 is 1.60 bits per heavy atom. The van der Waals surface area contributed by atoms with Crippen LogP contribution in [-0.4, -0.2) is 66.1 Å². The van der Waals surface area contributed by atoms with Gasteiger partial charge in [0.05, 0.1) is 19.8 Å². The van der Waals surface area contributed by atoms with Crippen LogP contribution in [0.15, 0.2) is 76.4 Å². The fraction of sp³-hybridized carbons (Fsp3) is 0.485. The minimum Gasteiger partial charge on any atom is -0.444 e. The molecule has 17 heteroatoms. The van der Waals surface area contributed by atoms with Crippen molar-refractivity contribution in [1.29, 1.82) is 0 Å². The highest BCUT2D eigenvalue weighted by Crippen LogP contribution is 2.45. The lowest BCUT2D eigenvalue weighted by molar-refractivity contribution is -0.161. The number of amides is 1. The largest absolute Gasteiger partial charge is 0.523 e. The van der Waals surface area contributed by atoms with Gasteiger partial charge in [-0.15, -0.1) is 0 Å². The zero-order chi connectivity index (χ0) is 36.7. The number of benzene rings is 2. The second kappa shape index (κ2) is 15.9. The lowest BCUT2D eigenvalue weighted by atomic mass is 9.90. The number of carbonyl (C=O) groups is 1. The molecule has 0 unspecified atom stereocenters. The van der Waals surface area contributed by atoms with Crippen molar-refractivity contribution >= 4 is 16.2 Å². The van der Waals surface area contributed by atoms with Crippen molar-refractivity contribution in [2.75, 3.05) is 13.2 Å². The first kappa shape index (κ1) is 38.8. The molecule has 1 amide bonds. The summed E-state index contributed by atoms with van der Waals surface area (Å²) < 4.78 is 96.2. The van der Waals surface area contributed by atoms with Gasteiger partial charge in [0.15, 0.2) is 12.3 Å². The van der Waals surface area contributed by atoms with E-state index in [2.05, 4.69) is 10.3 Å². The molecule has 1 aliphatic heterocycles. The van der Waals surface area contributed by atoms with Crippen LogP contribution in [-0.2, 0) is 46.5 Å². The normalized spacial score (nSPS) is 21.2. The zero-order valence-corrected chi connectivity index (χ0v) is 28.7. The van der Waals surface area contributed by atoms with Crippen molar-refractivity contribution in [3.63, 3.8) is 0 Å². The molecule has 1 fully saturated rings. The highest BCUT2D eigenvalue weighted by atomic mass is 32.2. The van der Waals surface area contributed by atoms with E-state index in [0.717, 1.165) is 16.3 Å². The molecule has 274 valence electrons. The summed E-state index contributed by atoms with van der Waals surface area (Å²) in [6, 6.07) is 17.4. The van der Waals surface area contributed by atoms with Crippen LogP contribution < -0.4 is 16.6 Å². The Bertz CT molecular complexity index is 1810. The molecular weight excluding hydrogens is 687 g/mol. The predicted molar refractivity (Wildman–Crippen MR) is 173 cm³/mol. The van der Waals surface area contributed by atoms with Crippen molar-refractivity contribution in [1.82, 2.24) is 14.9 Å². The summed E-state index contributed by atoms with van der Waals surface area (Å²) in [7, 11) is -6.30. The Hall–Kier alpha value is -4.03. The fourth-order valence-corrected chi connectivity index (χ4v) is 5.91. The van der Waals surface area contributed by atoms with Crippen molar-refractivity contribution in [2.24, 2.45) is 0 Å². The van der Waals surface area contributed by atoms with Crippen LogP contribution in [0.4, 0.5) is 18.0 Å². The molecule has 4 rings (SSSR count). The first-order chi connectivity index (χ1) is 23.4. The second-order valence-electron chi connectivity index (χ2n) is 12.7. The van der Waals surface area contributed by atoms with E-state index in [1.165, 1.54) is 6.92 Å². The third kappa shape index (κ3) is 10.0. The van der Waals surface area contributed by atoms with E-state index in [-0.39, 0.29) is 44.8 Å². The Morgan fingerprint density at radius 1 is 1.00 bits per heavy atom. The fourth-order valence-electron chi connectivity index (χ4n) is 5.32. The molecule has 0 spiro atoms. The van der Waals surface area contributed by atoms with E-state index in [9.17, 15) is 36.0 Å². The molecule has 2 aromatic carbocycles. The maximum absolute atomic E-state index is 13.8. The van der Waals surface area contributed by atoms with Crippen molar-refractivity contribution < 1.29 is 49.5 Å². The third-order valence-electron chi connectivity index (χ3n) is 7.57. The Morgan fingerprint density at radius 3 is 2.18 bits per heavy atom. The van der Waals surface area contributed by atoms with Crippen LogP contribution in [0.1, 0.15) is 56.5 Å². The van der Waals surface area contributed by atoms with Crippen LogP contribution >= 0.6 is 0 Å². The monoisotopic (exact) mass is 727 g/mol. The molecule has 2 heterocycles. The minimum absolute atomic E-state index is 0.00112. The molecule has 4 atom stereocenters. The lowest BCUT2D eigenvalue weighted by Crippen LogP contribution is -2.50. The van der Waals surface area contributed by atoms with E-state index in [1.54, 1.807) is 81.4 Å². The molecule has 1 saturated heterocycles. The van der Waals surface area contributed by atoms with Gasteiger partial charge in [-0.05, 0) is 51.7 Å². The number of rotatable bonds is 14. The molecule has 50 heavy (non-hydrogen) atoms. The van der Waals surface area contributed by atoms with Gasteiger partial charge in [-0.2, -0.15) is 21.6 Å². The number of aryl methyl sites for hydroxylation is 1. The third-order valence-corrected chi connectivity index (χ3v) is 8.61. The number of halogens is 3. The van der Waals surface area contributed by atoms with Crippen LogP contribution in [0.5, 0.6) is 0 Å². The van der Waals surface area contributed by atoms with Gasteiger partial charge in [0.1, 0.15) is 17.3 Å². The quantitative estimate of drug-likeness (QED) is 0.138. The number of alkyl carbamates (subject to hydrolysis) is 1. The molecule has 0 radical (unpaired) electrons. The summed E-state index contributed by atoms with van der Waals surface area (Å²) in [5.41, 5.74) is -8.98. The first-order valence-corrected chi connectivity index (χ1v) is 17.1. The van der Waals surface area contributed by atoms with Crippen molar-refractivity contribution in [3.05, 3.63) is 104 Å². The van der Waals surface area contributed by atoms with Gasteiger partial charge >= 0.3 is 27.4 Å². The number of hydrogen-bond donors (Lipinski definition) is 2. The van der Waals surface area contributed by atoms with Crippen molar-refractivity contribution in [2.45, 2.75) is 88.9 Å². The van der Waals surface area contributed by atoms with Gasteiger partial charge in [-0.25, -0.2) is 9.59 Å². The maximum Gasteiger partial charge on any atom is 0.523 e. The number of aromatic amines is 1. The summed E-state index contributed by atoms with van der Waals surface area (Å²) >= 11 is 0. The first-order valence-electron chi connectivity index (χ1n) is 15.6. The van der Waals surface area contributed by atoms with E-state index >= 15 is 0 Å². The van der Waals surface area contributed by atoms with Gasteiger partial charge in [-0.3, -0.25) is 18.5 Å². The molecule has 0 bridgehead atoms. The SMILES string of the molecule is Cc1cn([C@@H]2O[C@](CCCNC(=O)OC(C)(C)C)(COCc3ccccc3)[C@@H](OCc3ccccc3)[C@@H]2OS(=O)(=O)C(F)(F)F)c(=O)[nH]c1=O. The zero-order valence-electron chi connectivity index (χ0n) is 27.9. The molecule has 1 aliphatic rings. The average Bonchev–Trinajstić information content (AvgIpc) is 3.31. The number of alkyl halides is 3. The number of aromatic nitrogens is 2.